The Morgan fingerprint density at radius 3 is 0.600 bits per heavy atom. The van der Waals surface area contributed by atoms with Crippen molar-refractivity contribution in [3.8, 4) is 0 Å². The Labute approximate surface area is 69.7 Å². The topological polar surface area (TPSA) is 85.5 Å². The fourth-order valence-corrected chi connectivity index (χ4v) is 0. The van der Waals surface area contributed by atoms with Crippen molar-refractivity contribution < 1.29 is 70.4 Å². The summed E-state index contributed by atoms with van der Waals surface area (Å²) in [7, 11) is 0. The second-order valence-electron chi connectivity index (χ2n) is 0. The fraction of sp³-hybridized carbons (Fsp3) is 0. The van der Waals surface area contributed by atoms with Gasteiger partial charge in [-0.3, -0.25) is 0 Å². The second kappa shape index (κ2) is 45.3. The van der Waals surface area contributed by atoms with Gasteiger partial charge in [-0.15, -0.1) is 0 Å². The molecule has 0 aromatic heterocycles. The van der Waals surface area contributed by atoms with Crippen LogP contribution in [0, 0.1) is 36.9 Å². The van der Waals surface area contributed by atoms with Crippen LogP contribution in [-0.2, 0) is 33.5 Å². The van der Waals surface area contributed by atoms with Gasteiger partial charge in [-0.25, -0.2) is 0 Å². The summed E-state index contributed by atoms with van der Waals surface area (Å²) < 4.78 is 0. The van der Waals surface area contributed by atoms with E-state index in [1.54, 1.807) is 0 Å². The third-order valence-electron chi connectivity index (χ3n) is 0. The quantitative estimate of drug-likeness (QED) is 0.542. The minimum absolute atomic E-state index is 0. The predicted molar refractivity (Wildman–Crippen MR) is 2.06 cm³/mol. The second-order valence-corrected chi connectivity index (χ2v) is 0. The average molecular weight is 279 g/mol. The van der Waals surface area contributed by atoms with Crippen molar-refractivity contribution in [2.75, 3.05) is 0 Å². The molecule has 0 fully saturated rings. The SMILES string of the molecule is [Fe+3].[Lu+3].[O-2].[O-2].[O-2]. The van der Waals surface area contributed by atoms with Crippen LogP contribution in [0.2, 0.25) is 0 Å². The average Bonchev–Trinajstić information content (AvgIpc) is 0. The Morgan fingerprint density at radius 1 is 0.600 bits per heavy atom. The van der Waals surface area contributed by atoms with Crippen molar-refractivity contribution >= 4 is 0 Å². The first-order valence-corrected chi connectivity index (χ1v) is 0. The fourth-order valence-electron chi connectivity index (χ4n) is 0. The molecule has 5 heavy (non-hydrogen) atoms. The molecule has 0 atom stereocenters. The summed E-state index contributed by atoms with van der Waals surface area (Å²) in [6.07, 6.45) is 0. The van der Waals surface area contributed by atoms with Gasteiger partial charge in [0, 0.05) is 0 Å². The first-order valence-electron chi connectivity index (χ1n) is 0. The molecular weight excluding hydrogens is 279 g/mol. The van der Waals surface area contributed by atoms with Crippen LogP contribution in [0.3, 0.4) is 0 Å². The molecule has 0 rings (SSSR count). The van der Waals surface area contributed by atoms with Crippen LogP contribution in [0.5, 0.6) is 0 Å². The Morgan fingerprint density at radius 2 is 0.600 bits per heavy atom. The zero-order valence-electron chi connectivity index (χ0n) is 1.84. The molecule has 0 saturated heterocycles. The Kier molecular flexibility index (Phi) is 715. The van der Waals surface area contributed by atoms with Crippen molar-refractivity contribution in [3.63, 3.8) is 0 Å². The molecule has 0 amide bonds. The van der Waals surface area contributed by atoms with Crippen molar-refractivity contribution in [1.29, 1.82) is 0 Å². The van der Waals surface area contributed by atoms with Crippen molar-refractivity contribution in [2.45, 2.75) is 0 Å². The van der Waals surface area contributed by atoms with Crippen LogP contribution < -0.4 is 0 Å². The normalized spacial score (nSPS) is 0. The van der Waals surface area contributed by atoms with Gasteiger partial charge in [0.15, 0.2) is 0 Å². The molecule has 0 aliphatic heterocycles. The third-order valence-corrected chi connectivity index (χ3v) is 0. The minimum Gasteiger partial charge on any atom is -2.00 e. The van der Waals surface area contributed by atoms with E-state index in [9.17, 15) is 0 Å². The molecule has 41 valence electrons. The summed E-state index contributed by atoms with van der Waals surface area (Å²) in [6.45, 7) is 0. The molecule has 0 spiro atoms. The maximum absolute atomic E-state index is 0. The standard InChI is InChI=1S/Fe.Lu.3O/q2*+3;3*-2. The van der Waals surface area contributed by atoms with E-state index in [2.05, 4.69) is 0 Å². The first kappa shape index (κ1) is 78.9. The molecule has 0 unspecified atom stereocenters. The molecule has 0 heterocycles. The summed E-state index contributed by atoms with van der Waals surface area (Å²) in [6, 6.07) is 0. The molecule has 5 heteroatoms. The van der Waals surface area contributed by atoms with Gasteiger partial charge >= 0.3 is 53.9 Å². The largest absolute Gasteiger partial charge is 3.00 e. The van der Waals surface area contributed by atoms with E-state index in [-0.39, 0.29) is 70.4 Å². The van der Waals surface area contributed by atoms with Gasteiger partial charge in [0.1, 0.15) is 0 Å². The molecule has 0 aliphatic carbocycles. The smallest absolute Gasteiger partial charge is 2.00 e. The molecule has 0 N–H and O–H groups in total. The molecule has 0 aromatic carbocycles. The van der Waals surface area contributed by atoms with Gasteiger partial charge in [-0.05, 0) is 0 Å². The molecule has 1 radical (unpaired) electrons. The van der Waals surface area contributed by atoms with Gasteiger partial charge in [-0.1, -0.05) is 0 Å². The van der Waals surface area contributed by atoms with Gasteiger partial charge in [0.05, 0.1) is 0 Å². The van der Waals surface area contributed by atoms with Crippen LogP contribution in [-0.4, -0.2) is 0 Å². The van der Waals surface area contributed by atoms with E-state index in [1.807, 2.05) is 0 Å². The van der Waals surface area contributed by atoms with Gasteiger partial charge in [0.25, 0.3) is 0 Å². The molecule has 0 bridgehead atoms. The monoisotopic (exact) mass is 279 g/mol. The van der Waals surface area contributed by atoms with E-state index < -0.39 is 0 Å². The van der Waals surface area contributed by atoms with E-state index in [0.717, 1.165) is 0 Å². The van der Waals surface area contributed by atoms with E-state index in [0.29, 0.717) is 0 Å². The first-order chi connectivity index (χ1) is 0. The summed E-state index contributed by atoms with van der Waals surface area (Å²) in [4.78, 5) is 0. The van der Waals surface area contributed by atoms with E-state index in [1.165, 1.54) is 0 Å². The summed E-state index contributed by atoms with van der Waals surface area (Å²) in [5.41, 5.74) is 0. The van der Waals surface area contributed by atoms with Crippen molar-refractivity contribution in [3.05, 3.63) is 0 Å². The summed E-state index contributed by atoms with van der Waals surface area (Å²) in [5, 5.41) is 0. The van der Waals surface area contributed by atoms with Crippen LogP contribution in [0.15, 0.2) is 0 Å². The maximum Gasteiger partial charge on any atom is 3.00 e. The van der Waals surface area contributed by atoms with Gasteiger partial charge < -0.3 is 16.4 Å². The Balaban J connectivity index is 0. The Hall–Kier alpha value is 1.63. The predicted octanol–water partition coefficient (Wildman–Crippen LogP) is -0.359. The third kappa shape index (κ3) is 27.9. The minimum atomic E-state index is 0. The summed E-state index contributed by atoms with van der Waals surface area (Å²) >= 11 is 0. The maximum atomic E-state index is 0. The Bertz CT molecular complexity index is 6.85. The van der Waals surface area contributed by atoms with Crippen LogP contribution in [0.1, 0.15) is 0 Å². The summed E-state index contributed by atoms with van der Waals surface area (Å²) in [5.74, 6) is 0. The van der Waals surface area contributed by atoms with Gasteiger partial charge in [-0.2, -0.15) is 0 Å². The van der Waals surface area contributed by atoms with E-state index >= 15 is 0 Å². The van der Waals surface area contributed by atoms with Crippen LogP contribution in [0.25, 0.3) is 0 Å². The molecule has 0 aromatic rings. The van der Waals surface area contributed by atoms with Crippen LogP contribution >= 0.6 is 0 Å². The zero-order valence-corrected chi connectivity index (χ0v) is 4.60. The number of rotatable bonds is 0. The number of hydrogen-bond acceptors (Lipinski definition) is 0. The van der Waals surface area contributed by atoms with E-state index in [4.69, 9.17) is 0 Å². The van der Waals surface area contributed by atoms with Crippen molar-refractivity contribution in [2.24, 2.45) is 0 Å². The molecular formula is FeLuO3. The number of hydrogen-bond donors (Lipinski definition) is 0. The zero-order chi connectivity index (χ0) is 0. The molecule has 0 saturated carbocycles. The van der Waals surface area contributed by atoms with Crippen LogP contribution in [0.4, 0.5) is 0 Å². The molecule has 3 nitrogen and oxygen atoms in total. The molecule has 0 aliphatic rings. The van der Waals surface area contributed by atoms with Gasteiger partial charge in [0.2, 0.25) is 0 Å². The van der Waals surface area contributed by atoms with Crippen molar-refractivity contribution in [1.82, 2.24) is 0 Å².